The van der Waals surface area contributed by atoms with Crippen molar-refractivity contribution in [1.82, 2.24) is 4.98 Å². The highest BCUT2D eigenvalue weighted by Gasteiger charge is 2.69. The summed E-state index contributed by atoms with van der Waals surface area (Å²) in [6, 6.07) is 4.80. The number of nitrogens with one attached hydrogen (secondary N) is 1. The third kappa shape index (κ3) is 3.33. The van der Waals surface area contributed by atoms with Crippen LogP contribution in [0.1, 0.15) is 97.0 Å². The molecule has 228 valence electrons. The topological polar surface area (TPSA) is 91.8 Å². The zero-order valence-electron chi connectivity index (χ0n) is 26.8. The zero-order chi connectivity index (χ0) is 30.7. The lowest BCUT2D eigenvalue weighted by atomic mass is 9.44. The number of hydrogen-bond donors (Lipinski definition) is 3. The average Bonchev–Trinajstić information content (AvgIpc) is 3.52. The Labute approximate surface area is 254 Å². The average molecular weight is 584 g/mol. The van der Waals surface area contributed by atoms with Gasteiger partial charge in [0.1, 0.15) is 11.4 Å². The highest BCUT2D eigenvalue weighted by molar-refractivity contribution is 5.97. The van der Waals surface area contributed by atoms with Crippen LogP contribution in [0.15, 0.2) is 41.7 Å². The highest BCUT2D eigenvalue weighted by atomic mass is 16.5. The lowest BCUT2D eigenvalue weighted by Gasteiger charge is -2.62. The Balaban J connectivity index is 1.24. The van der Waals surface area contributed by atoms with Crippen molar-refractivity contribution in [1.29, 1.82) is 0 Å². The van der Waals surface area contributed by atoms with E-state index in [-0.39, 0.29) is 22.4 Å². The van der Waals surface area contributed by atoms with Crippen molar-refractivity contribution in [3.8, 4) is 0 Å². The molecule has 1 fully saturated rings. The van der Waals surface area contributed by atoms with E-state index in [1.165, 1.54) is 38.9 Å². The molecular formula is C37H45NO5. The van der Waals surface area contributed by atoms with Gasteiger partial charge in [0.2, 0.25) is 0 Å². The second-order valence-electron chi connectivity index (χ2n) is 16.4. The van der Waals surface area contributed by atoms with E-state index in [1.807, 2.05) is 0 Å². The number of aromatic amines is 1. The Morgan fingerprint density at radius 1 is 1.07 bits per heavy atom. The maximum atomic E-state index is 13.2. The molecule has 6 atom stereocenters. The Kier molecular flexibility index (Phi) is 5.14. The molecule has 0 radical (unpaired) electrons. The summed E-state index contributed by atoms with van der Waals surface area (Å²) in [5.41, 5.74) is 4.54. The van der Waals surface area contributed by atoms with Gasteiger partial charge in [0.15, 0.2) is 11.9 Å². The van der Waals surface area contributed by atoms with Gasteiger partial charge in [-0.1, -0.05) is 13.8 Å². The van der Waals surface area contributed by atoms with E-state index < -0.39 is 22.7 Å². The lowest BCUT2D eigenvalue weighted by molar-refractivity contribution is -0.157. The molecule has 0 amide bonds. The number of allylic oxidation sites excluding steroid dienone is 1. The van der Waals surface area contributed by atoms with Crippen LogP contribution in [0.2, 0.25) is 0 Å². The van der Waals surface area contributed by atoms with E-state index in [9.17, 15) is 15.0 Å². The summed E-state index contributed by atoms with van der Waals surface area (Å²) >= 11 is 0. The van der Waals surface area contributed by atoms with E-state index >= 15 is 0 Å². The number of benzene rings is 1. The monoisotopic (exact) mass is 583 g/mol. The molecule has 6 aliphatic rings. The predicted molar refractivity (Wildman–Crippen MR) is 167 cm³/mol. The van der Waals surface area contributed by atoms with Crippen LogP contribution in [-0.4, -0.2) is 49.5 Å². The molecule has 8 rings (SSSR count). The molecule has 1 aromatic heterocycles. The molecule has 4 aliphatic carbocycles. The van der Waals surface area contributed by atoms with Crippen molar-refractivity contribution in [3.63, 3.8) is 0 Å². The van der Waals surface area contributed by atoms with Gasteiger partial charge < -0.3 is 24.7 Å². The van der Waals surface area contributed by atoms with Gasteiger partial charge in [-0.05, 0) is 132 Å². The summed E-state index contributed by atoms with van der Waals surface area (Å²) in [6.07, 6.45) is 9.00. The van der Waals surface area contributed by atoms with E-state index in [2.05, 4.69) is 70.8 Å². The minimum absolute atomic E-state index is 0.233. The Hall–Kier alpha value is -2.67. The molecule has 2 aromatic rings. The van der Waals surface area contributed by atoms with E-state index in [0.717, 1.165) is 19.3 Å². The van der Waals surface area contributed by atoms with Crippen LogP contribution in [0.4, 0.5) is 0 Å². The molecule has 0 spiro atoms. The standard InChI is InChI=1S/C37H45NO5/c1-32(2)18-24-21-16-27-22(13-19(21)14-25(24)34(5,6)43-32)23-15-20-9-12-37(41)26-17-28(39)31(33(3,4)40)42-29(26)10-11-35(37,7)36(20,8)30(23)38-27/h10,13,16-18,20,25,31,38,40-41H,9,11-12,14-15H2,1-8H3/t20-,25-,31-,35+,36+,37+/m0/s1. The molecule has 0 unspecified atom stereocenters. The van der Waals surface area contributed by atoms with Gasteiger partial charge in [-0.3, -0.25) is 4.79 Å². The van der Waals surface area contributed by atoms with Crippen molar-refractivity contribution in [2.24, 2.45) is 17.3 Å². The number of hydrogen-bond acceptors (Lipinski definition) is 5. The SMILES string of the molecule is CC1(C)C=C2c3cc4[nH]c5c(c4cc3C[C@@H]2C(C)(C)O1)C[C@@H]1CC[C@@]2(O)C3=CC(=O)[C@@H](C(C)(C)O)OC3=CC[C@]2(C)[C@@]51C. The Bertz CT molecular complexity index is 1730. The smallest absolute Gasteiger partial charge is 0.199 e. The van der Waals surface area contributed by atoms with E-state index in [4.69, 9.17) is 9.47 Å². The van der Waals surface area contributed by atoms with Crippen molar-refractivity contribution >= 4 is 22.3 Å². The van der Waals surface area contributed by atoms with Crippen molar-refractivity contribution < 1.29 is 24.5 Å². The van der Waals surface area contributed by atoms with Crippen LogP contribution < -0.4 is 0 Å². The molecule has 1 aromatic carbocycles. The van der Waals surface area contributed by atoms with Gasteiger partial charge in [-0.15, -0.1) is 0 Å². The molecule has 2 aliphatic heterocycles. The molecule has 43 heavy (non-hydrogen) atoms. The van der Waals surface area contributed by atoms with E-state index in [0.29, 0.717) is 36.0 Å². The molecule has 6 nitrogen and oxygen atoms in total. The number of carbonyl (C=O) groups is 1. The Morgan fingerprint density at radius 3 is 2.53 bits per heavy atom. The summed E-state index contributed by atoms with van der Waals surface area (Å²) < 4.78 is 12.6. The van der Waals surface area contributed by atoms with Gasteiger partial charge in [0.05, 0.1) is 16.8 Å². The first-order chi connectivity index (χ1) is 19.9. The number of H-pyrrole nitrogens is 1. The molecule has 3 heterocycles. The largest absolute Gasteiger partial charge is 0.479 e. The number of fused-ring (bicyclic) bond motifs is 12. The van der Waals surface area contributed by atoms with Gasteiger partial charge >= 0.3 is 0 Å². The molecule has 6 heteroatoms. The first-order valence-corrected chi connectivity index (χ1v) is 16.1. The number of aromatic nitrogens is 1. The third-order valence-electron chi connectivity index (χ3n) is 12.6. The summed E-state index contributed by atoms with van der Waals surface area (Å²) in [7, 11) is 0. The normalized spacial score (nSPS) is 38.5. The molecular weight excluding hydrogens is 538 g/mol. The fraction of sp³-hybridized carbons (Fsp3) is 0.595. The minimum atomic E-state index is -1.32. The molecule has 1 saturated carbocycles. The number of rotatable bonds is 1. The highest BCUT2D eigenvalue weighted by Crippen LogP contribution is 2.69. The van der Waals surface area contributed by atoms with Gasteiger partial charge in [0, 0.05) is 38.9 Å². The summed E-state index contributed by atoms with van der Waals surface area (Å²) in [4.78, 5) is 17.1. The lowest BCUT2D eigenvalue weighted by Crippen LogP contribution is -2.65. The second kappa shape index (κ2) is 7.94. The first-order valence-electron chi connectivity index (χ1n) is 16.1. The van der Waals surface area contributed by atoms with Gasteiger partial charge in [-0.25, -0.2) is 0 Å². The second-order valence-corrected chi connectivity index (χ2v) is 16.4. The fourth-order valence-corrected chi connectivity index (χ4v) is 10.4. The summed E-state index contributed by atoms with van der Waals surface area (Å²) in [6.45, 7) is 16.5. The maximum absolute atomic E-state index is 13.2. The van der Waals surface area contributed by atoms with Gasteiger partial charge in [0.25, 0.3) is 0 Å². The van der Waals surface area contributed by atoms with Crippen molar-refractivity contribution in [3.05, 3.63) is 64.1 Å². The predicted octanol–water partition coefficient (Wildman–Crippen LogP) is 6.23. The number of carbonyl (C=O) groups excluding carboxylic acids is 1. The van der Waals surface area contributed by atoms with Crippen LogP contribution in [0.3, 0.4) is 0 Å². The van der Waals surface area contributed by atoms with Crippen LogP contribution in [0, 0.1) is 17.3 Å². The molecule has 0 saturated heterocycles. The number of ether oxygens (including phenoxy) is 2. The summed E-state index contributed by atoms with van der Waals surface area (Å²) in [5, 5.41) is 24.6. The Morgan fingerprint density at radius 2 is 1.81 bits per heavy atom. The van der Waals surface area contributed by atoms with Crippen molar-refractivity contribution in [2.75, 3.05) is 0 Å². The van der Waals surface area contributed by atoms with Gasteiger partial charge in [-0.2, -0.15) is 0 Å². The van der Waals surface area contributed by atoms with Crippen LogP contribution in [0.25, 0.3) is 16.5 Å². The third-order valence-corrected chi connectivity index (χ3v) is 12.6. The van der Waals surface area contributed by atoms with Crippen molar-refractivity contribution in [2.45, 2.75) is 121 Å². The number of aliphatic hydroxyl groups is 2. The zero-order valence-corrected chi connectivity index (χ0v) is 26.8. The van der Waals surface area contributed by atoms with Crippen LogP contribution >= 0.6 is 0 Å². The maximum Gasteiger partial charge on any atom is 0.199 e. The fourth-order valence-electron chi connectivity index (χ4n) is 10.4. The summed E-state index contributed by atoms with van der Waals surface area (Å²) in [5.74, 6) is 0.987. The van der Waals surface area contributed by atoms with E-state index in [1.54, 1.807) is 19.9 Å². The van der Waals surface area contributed by atoms with Crippen LogP contribution in [-0.2, 0) is 32.5 Å². The number of ketones is 1. The molecule has 0 bridgehead atoms. The minimum Gasteiger partial charge on any atom is -0.479 e. The molecule has 3 N–H and O–H groups in total. The first kappa shape index (κ1) is 27.8. The van der Waals surface area contributed by atoms with Crippen LogP contribution in [0.5, 0.6) is 0 Å². The quantitative estimate of drug-likeness (QED) is 0.371.